The van der Waals surface area contributed by atoms with Crippen LogP contribution < -0.4 is 16.0 Å². The van der Waals surface area contributed by atoms with E-state index in [1.54, 1.807) is 11.8 Å². The van der Waals surface area contributed by atoms with Gasteiger partial charge in [-0.3, -0.25) is 38.8 Å². The highest BCUT2D eigenvalue weighted by atomic mass is 16.2. The summed E-state index contributed by atoms with van der Waals surface area (Å²) in [5.41, 5.74) is -0.559. The fourth-order valence-corrected chi connectivity index (χ4v) is 8.22. The SMILES string of the molecule is C=N/C=C\N=C(C)C(=O)N[C@H](C(=O)N[C@H](C(=O)N1C[C@@H]2CCC[C@@H]2[C@H]1C(=O)C[C@@H](CCC)C(=O)C(=O)NCC1CC1)C(C)(C)C)C1CCCCC1. The summed E-state index contributed by atoms with van der Waals surface area (Å²) in [5, 5.41) is 8.69. The number of hydrogen-bond acceptors (Lipinski definition) is 8. The van der Waals surface area contributed by atoms with Crippen LogP contribution in [0.15, 0.2) is 22.4 Å². The second-order valence-electron chi connectivity index (χ2n) is 16.3. The van der Waals surface area contributed by atoms with E-state index in [-0.39, 0.29) is 41.6 Å². The summed E-state index contributed by atoms with van der Waals surface area (Å²) in [6.07, 6.45) is 12.9. The molecule has 3 saturated carbocycles. The van der Waals surface area contributed by atoms with Crippen LogP contribution in [0.2, 0.25) is 0 Å². The van der Waals surface area contributed by atoms with Crippen LogP contribution in [-0.4, -0.2) is 83.7 Å². The molecule has 0 radical (unpaired) electrons. The van der Waals surface area contributed by atoms with Gasteiger partial charge in [-0.2, -0.15) is 0 Å². The standard InChI is InChI=1S/C39H60N6O6/c1-7-12-27(33(47)37(50)42-22-25-17-18-25)21-30(46)32-29-16-11-15-28(29)23-45(32)38(51)34(39(3,4)5)44-36(49)31(26-13-9-8-10-14-26)43-35(48)24(2)41-20-19-40-6/h19-20,25-29,31-32,34H,6-18,21-23H2,1-5H3,(H,42,50)(H,43,48)(H,44,49)/b20-19-,41-24?/t27-,28+,29+,31+,32+,34-/m1/s1. The summed E-state index contributed by atoms with van der Waals surface area (Å²) in [7, 11) is 0. The number of hydrogen-bond donors (Lipinski definition) is 3. The molecule has 0 aromatic heterocycles. The normalized spacial score (nSPS) is 24.4. The quantitative estimate of drug-likeness (QED) is 0.150. The molecule has 282 valence electrons. The molecule has 6 atom stereocenters. The fraction of sp³-hybridized carbons (Fsp3) is 0.744. The zero-order valence-electron chi connectivity index (χ0n) is 31.4. The van der Waals surface area contributed by atoms with Crippen LogP contribution in [0.25, 0.3) is 0 Å². The number of rotatable bonds is 17. The summed E-state index contributed by atoms with van der Waals surface area (Å²) in [6, 6.07) is -2.57. The number of nitrogens with zero attached hydrogens (tertiary/aromatic N) is 3. The van der Waals surface area contributed by atoms with Crippen molar-refractivity contribution < 1.29 is 28.8 Å². The predicted octanol–water partition coefficient (Wildman–Crippen LogP) is 4.31. The number of Topliss-reactive ketones (excluding diaryl/α,β-unsaturated/α-hetero) is 2. The monoisotopic (exact) mass is 708 g/mol. The third kappa shape index (κ3) is 10.7. The van der Waals surface area contributed by atoms with Gasteiger partial charge < -0.3 is 20.9 Å². The van der Waals surface area contributed by atoms with E-state index >= 15 is 0 Å². The highest BCUT2D eigenvalue weighted by Gasteiger charge is 2.52. The van der Waals surface area contributed by atoms with Crippen LogP contribution in [0.4, 0.5) is 0 Å². The molecular weight excluding hydrogens is 648 g/mol. The van der Waals surface area contributed by atoms with Crippen LogP contribution in [0, 0.1) is 35.0 Å². The second kappa shape index (κ2) is 18.2. The van der Waals surface area contributed by atoms with Gasteiger partial charge in [-0.15, -0.1) is 0 Å². The highest BCUT2D eigenvalue weighted by molar-refractivity contribution is 6.38. The Morgan fingerprint density at radius 3 is 2.24 bits per heavy atom. The molecule has 4 aliphatic rings. The van der Waals surface area contributed by atoms with Gasteiger partial charge >= 0.3 is 0 Å². The molecule has 51 heavy (non-hydrogen) atoms. The lowest BCUT2D eigenvalue weighted by Crippen LogP contribution is -2.61. The molecule has 1 saturated heterocycles. The van der Waals surface area contributed by atoms with Gasteiger partial charge in [0.1, 0.15) is 17.8 Å². The molecule has 0 spiro atoms. The molecule has 3 N–H and O–H groups in total. The second-order valence-corrected chi connectivity index (χ2v) is 16.3. The van der Waals surface area contributed by atoms with Gasteiger partial charge in [0.05, 0.1) is 6.04 Å². The Morgan fingerprint density at radius 1 is 0.902 bits per heavy atom. The van der Waals surface area contributed by atoms with Crippen molar-refractivity contribution in [2.75, 3.05) is 13.1 Å². The van der Waals surface area contributed by atoms with E-state index in [1.165, 1.54) is 12.4 Å². The lowest BCUT2D eigenvalue weighted by molar-refractivity contribution is -0.146. The first-order valence-electron chi connectivity index (χ1n) is 19.2. The Bertz CT molecular complexity index is 1370. The third-order valence-corrected chi connectivity index (χ3v) is 11.3. The number of fused-ring (bicyclic) bond motifs is 1. The Morgan fingerprint density at radius 2 is 1.61 bits per heavy atom. The van der Waals surface area contributed by atoms with Gasteiger partial charge in [-0.1, -0.05) is 59.8 Å². The van der Waals surface area contributed by atoms with E-state index < -0.39 is 53.0 Å². The molecule has 4 rings (SSSR count). The average molecular weight is 709 g/mol. The fourth-order valence-electron chi connectivity index (χ4n) is 8.22. The predicted molar refractivity (Wildman–Crippen MR) is 197 cm³/mol. The van der Waals surface area contributed by atoms with Gasteiger partial charge in [0, 0.05) is 37.8 Å². The van der Waals surface area contributed by atoms with Crippen molar-refractivity contribution in [3.05, 3.63) is 12.4 Å². The number of nitrogens with one attached hydrogen (secondary N) is 3. The molecule has 1 heterocycles. The smallest absolute Gasteiger partial charge is 0.287 e. The Hall–Kier alpha value is -3.70. The minimum atomic E-state index is -0.972. The van der Waals surface area contributed by atoms with Crippen LogP contribution >= 0.6 is 0 Å². The summed E-state index contributed by atoms with van der Waals surface area (Å²) < 4.78 is 0. The first kappa shape index (κ1) is 40.1. The molecular formula is C39H60N6O6. The van der Waals surface area contributed by atoms with E-state index in [0.29, 0.717) is 31.8 Å². The average Bonchev–Trinajstić information content (AvgIpc) is 3.70. The molecule has 12 heteroatoms. The molecule has 0 aromatic rings. The zero-order valence-corrected chi connectivity index (χ0v) is 31.4. The lowest BCUT2D eigenvalue weighted by Gasteiger charge is -2.38. The van der Waals surface area contributed by atoms with E-state index in [2.05, 4.69) is 32.7 Å². The molecule has 1 aliphatic heterocycles. The lowest BCUT2D eigenvalue weighted by atomic mass is 9.81. The number of aliphatic imine (C=N–C) groups is 2. The van der Waals surface area contributed by atoms with Gasteiger partial charge in [0.2, 0.25) is 17.6 Å². The number of likely N-dealkylation sites (tertiary alicyclic amines) is 1. The minimum absolute atomic E-state index is 0.0271. The first-order valence-corrected chi connectivity index (χ1v) is 19.2. The molecule has 0 aromatic carbocycles. The van der Waals surface area contributed by atoms with Crippen LogP contribution in [0.5, 0.6) is 0 Å². The Kier molecular flexibility index (Phi) is 14.3. The maximum atomic E-state index is 14.7. The van der Waals surface area contributed by atoms with Gasteiger partial charge in [0.15, 0.2) is 5.78 Å². The maximum absolute atomic E-state index is 14.7. The molecule has 0 unspecified atom stereocenters. The van der Waals surface area contributed by atoms with Crippen molar-refractivity contribution in [3.8, 4) is 0 Å². The number of ketones is 2. The summed E-state index contributed by atoms with van der Waals surface area (Å²) in [6.45, 7) is 13.4. The van der Waals surface area contributed by atoms with Crippen molar-refractivity contribution in [2.45, 2.75) is 136 Å². The van der Waals surface area contributed by atoms with Gasteiger partial charge in [0.25, 0.3) is 11.8 Å². The van der Waals surface area contributed by atoms with Crippen molar-refractivity contribution in [1.82, 2.24) is 20.9 Å². The third-order valence-electron chi connectivity index (χ3n) is 11.3. The summed E-state index contributed by atoms with van der Waals surface area (Å²) in [4.78, 5) is 91.6. The maximum Gasteiger partial charge on any atom is 0.287 e. The Labute approximate surface area is 303 Å². The largest absolute Gasteiger partial charge is 0.349 e. The zero-order chi connectivity index (χ0) is 37.3. The van der Waals surface area contributed by atoms with E-state index in [4.69, 9.17) is 0 Å². The van der Waals surface area contributed by atoms with Crippen molar-refractivity contribution in [1.29, 1.82) is 0 Å². The number of carbonyl (C=O) groups is 6. The number of carbonyl (C=O) groups excluding carboxylic acids is 6. The van der Waals surface area contributed by atoms with Gasteiger partial charge in [-0.05, 0) is 87.7 Å². The first-order chi connectivity index (χ1) is 24.3. The van der Waals surface area contributed by atoms with E-state index in [1.807, 2.05) is 27.7 Å². The van der Waals surface area contributed by atoms with E-state index in [9.17, 15) is 28.8 Å². The Balaban J connectivity index is 1.55. The summed E-state index contributed by atoms with van der Waals surface area (Å²) in [5.74, 6) is -2.93. The summed E-state index contributed by atoms with van der Waals surface area (Å²) >= 11 is 0. The van der Waals surface area contributed by atoms with Crippen LogP contribution in [0.3, 0.4) is 0 Å². The molecule has 4 fully saturated rings. The topological polar surface area (TPSA) is 166 Å². The van der Waals surface area contributed by atoms with Crippen molar-refractivity contribution in [3.63, 3.8) is 0 Å². The molecule has 3 aliphatic carbocycles. The van der Waals surface area contributed by atoms with E-state index in [0.717, 1.165) is 64.2 Å². The molecule has 12 nitrogen and oxygen atoms in total. The minimum Gasteiger partial charge on any atom is -0.349 e. The van der Waals surface area contributed by atoms with Crippen LogP contribution in [-0.2, 0) is 28.8 Å². The molecule has 4 amide bonds. The van der Waals surface area contributed by atoms with Crippen molar-refractivity contribution in [2.24, 2.45) is 45.0 Å². The van der Waals surface area contributed by atoms with Crippen LogP contribution in [0.1, 0.15) is 118 Å². The van der Waals surface area contributed by atoms with Gasteiger partial charge in [-0.25, -0.2) is 0 Å². The number of amides is 4. The molecule has 0 bridgehead atoms. The van der Waals surface area contributed by atoms with Crippen molar-refractivity contribution >= 4 is 47.6 Å². The highest BCUT2D eigenvalue weighted by Crippen LogP contribution is 2.44.